The molecule has 0 N–H and O–H groups in total. The Bertz CT molecular complexity index is 334. The van der Waals surface area contributed by atoms with Gasteiger partial charge in [-0.05, 0) is 29.0 Å². The third-order valence-electron chi connectivity index (χ3n) is 2.92. The van der Waals surface area contributed by atoms with Crippen molar-refractivity contribution in [1.29, 1.82) is 0 Å². The Balaban J connectivity index is 3.27. The molecular formula is C15H21. The van der Waals surface area contributed by atoms with Crippen molar-refractivity contribution >= 4 is 0 Å². The molecule has 1 aromatic rings. The van der Waals surface area contributed by atoms with E-state index in [9.17, 15) is 0 Å². The standard InChI is InChI=1S/C15H21/c1-6-12(5)15-10-8-9-14(11(3)4)13(15)7-2/h6,8-11H,1,7H2,2-5H3. The van der Waals surface area contributed by atoms with E-state index in [-0.39, 0.29) is 0 Å². The fourth-order valence-corrected chi connectivity index (χ4v) is 2.02. The van der Waals surface area contributed by atoms with Gasteiger partial charge in [-0.2, -0.15) is 0 Å². The maximum Gasteiger partial charge on any atom is 0.0233 e. The molecule has 0 unspecified atom stereocenters. The second kappa shape index (κ2) is 5.16. The second-order valence-corrected chi connectivity index (χ2v) is 4.27. The van der Waals surface area contributed by atoms with Crippen LogP contribution in [0.1, 0.15) is 50.3 Å². The maximum atomic E-state index is 3.85. The molecule has 1 rings (SSSR count). The lowest BCUT2D eigenvalue weighted by atomic mass is 9.87. The van der Waals surface area contributed by atoms with E-state index < -0.39 is 0 Å². The summed E-state index contributed by atoms with van der Waals surface area (Å²) in [4.78, 5) is 0. The lowest BCUT2D eigenvalue weighted by Gasteiger charge is -2.18. The molecule has 0 bridgehead atoms. The van der Waals surface area contributed by atoms with E-state index in [0.717, 1.165) is 6.42 Å². The molecule has 15 heavy (non-hydrogen) atoms. The first-order valence-electron chi connectivity index (χ1n) is 5.69. The summed E-state index contributed by atoms with van der Waals surface area (Å²) in [6.07, 6.45) is 3.04. The highest BCUT2D eigenvalue weighted by Gasteiger charge is 2.12. The third kappa shape index (κ3) is 2.50. The predicted molar refractivity (Wildman–Crippen MR) is 68.1 cm³/mol. The van der Waals surface area contributed by atoms with Gasteiger partial charge in [-0.15, -0.1) is 6.58 Å². The Hall–Kier alpha value is -1.04. The topological polar surface area (TPSA) is 0 Å². The van der Waals surface area contributed by atoms with Gasteiger partial charge in [0.05, 0.1) is 0 Å². The Morgan fingerprint density at radius 1 is 1.40 bits per heavy atom. The minimum atomic E-state index is 0.595. The highest BCUT2D eigenvalue weighted by molar-refractivity contribution is 5.46. The van der Waals surface area contributed by atoms with Crippen LogP contribution in [0, 0.1) is 5.92 Å². The van der Waals surface area contributed by atoms with E-state index in [4.69, 9.17) is 0 Å². The molecule has 0 aliphatic carbocycles. The molecular weight excluding hydrogens is 180 g/mol. The Labute approximate surface area is 94.0 Å². The van der Waals surface area contributed by atoms with Crippen LogP contribution in [-0.2, 0) is 6.42 Å². The van der Waals surface area contributed by atoms with Crippen molar-refractivity contribution < 1.29 is 0 Å². The maximum absolute atomic E-state index is 3.85. The van der Waals surface area contributed by atoms with E-state index in [1.165, 1.54) is 22.6 Å². The quantitative estimate of drug-likeness (QED) is 0.672. The van der Waals surface area contributed by atoms with Crippen LogP contribution < -0.4 is 0 Å². The van der Waals surface area contributed by atoms with Crippen LogP contribution in [0.4, 0.5) is 0 Å². The van der Waals surface area contributed by atoms with Gasteiger partial charge in [0.25, 0.3) is 0 Å². The molecule has 0 fully saturated rings. The number of allylic oxidation sites excluding steroid dienone is 1. The molecule has 81 valence electrons. The van der Waals surface area contributed by atoms with Crippen molar-refractivity contribution in [3.63, 3.8) is 0 Å². The van der Waals surface area contributed by atoms with Gasteiger partial charge in [0.2, 0.25) is 0 Å². The molecule has 1 aromatic carbocycles. The van der Waals surface area contributed by atoms with Crippen molar-refractivity contribution in [2.24, 2.45) is 0 Å². The van der Waals surface area contributed by atoms with Gasteiger partial charge < -0.3 is 0 Å². The molecule has 0 atom stereocenters. The van der Waals surface area contributed by atoms with Gasteiger partial charge in [0, 0.05) is 5.92 Å². The summed E-state index contributed by atoms with van der Waals surface area (Å²) >= 11 is 0. The van der Waals surface area contributed by atoms with E-state index >= 15 is 0 Å². The van der Waals surface area contributed by atoms with E-state index in [2.05, 4.69) is 52.5 Å². The summed E-state index contributed by atoms with van der Waals surface area (Å²) in [6, 6.07) is 6.59. The van der Waals surface area contributed by atoms with Crippen molar-refractivity contribution in [2.75, 3.05) is 0 Å². The van der Waals surface area contributed by atoms with Crippen molar-refractivity contribution in [3.05, 3.63) is 53.5 Å². The molecule has 0 heterocycles. The summed E-state index contributed by atoms with van der Waals surface area (Å²) in [5, 5.41) is 0. The van der Waals surface area contributed by atoms with Crippen molar-refractivity contribution in [3.8, 4) is 0 Å². The van der Waals surface area contributed by atoms with Crippen LogP contribution in [0.3, 0.4) is 0 Å². The van der Waals surface area contributed by atoms with Gasteiger partial charge in [-0.25, -0.2) is 0 Å². The Morgan fingerprint density at radius 2 is 2.07 bits per heavy atom. The minimum absolute atomic E-state index is 0.595. The first-order valence-corrected chi connectivity index (χ1v) is 5.69. The molecule has 0 amide bonds. The zero-order valence-electron chi connectivity index (χ0n) is 10.3. The summed E-state index contributed by atoms with van der Waals surface area (Å²) in [6.45, 7) is 12.7. The zero-order chi connectivity index (χ0) is 11.4. The van der Waals surface area contributed by atoms with Gasteiger partial charge in [0.15, 0.2) is 0 Å². The Morgan fingerprint density at radius 3 is 2.53 bits per heavy atom. The SMILES string of the molecule is C=C[C](C)c1cccc(C(C)C)c1CC. The fraction of sp³-hybridized carbons (Fsp3) is 0.400. The van der Waals surface area contributed by atoms with Crippen LogP contribution in [0.15, 0.2) is 30.9 Å². The average Bonchev–Trinajstić information content (AvgIpc) is 2.26. The lowest BCUT2D eigenvalue weighted by Crippen LogP contribution is -2.02. The van der Waals surface area contributed by atoms with Crippen LogP contribution in [0.5, 0.6) is 0 Å². The molecule has 0 nitrogen and oxygen atoms in total. The number of hydrogen-bond acceptors (Lipinski definition) is 0. The normalized spacial score (nSPS) is 11.1. The lowest BCUT2D eigenvalue weighted by molar-refractivity contribution is 0.839. The minimum Gasteiger partial charge on any atom is -0.102 e. The fourth-order valence-electron chi connectivity index (χ4n) is 2.02. The zero-order valence-corrected chi connectivity index (χ0v) is 10.3. The summed E-state index contributed by atoms with van der Waals surface area (Å²) < 4.78 is 0. The van der Waals surface area contributed by atoms with Crippen LogP contribution >= 0.6 is 0 Å². The molecule has 0 spiro atoms. The highest BCUT2D eigenvalue weighted by atomic mass is 14.2. The molecule has 0 heteroatoms. The number of rotatable bonds is 4. The van der Waals surface area contributed by atoms with Crippen molar-refractivity contribution in [2.45, 2.75) is 40.0 Å². The molecule has 0 saturated heterocycles. The van der Waals surface area contributed by atoms with Gasteiger partial charge in [-0.3, -0.25) is 0 Å². The second-order valence-electron chi connectivity index (χ2n) is 4.27. The summed E-state index contributed by atoms with van der Waals surface area (Å²) in [5.74, 6) is 1.87. The first kappa shape index (κ1) is 12.0. The van der Waals surface area contributed by atoms with Crippen LogP contribution in [0.2, 0.25) is 0 Å². The Kier molecular flexibility index (Phi) is 4.14. The third-order valence-corrected chi connectivity index (χ3v) is 2.92. The van der Waals surface area contributed by atoms with Crippen LogP contribution in [0.25, 0.3) is 0 Å². The van der Waals surface area contributed by atoms with Gasteiger partial charge in [-0.1, -0.05) is 52.0 Å². The van der Waals surface area contributed by atoms with Gasteiger partial charge in [0.1, 0.15) is 0 Å². The largest absolute Gasteiger partial charge is 0.102 e. The monoisotopic (exact) mass is 201 g/mol. The smallest absolute Gasteiger partial charge is 0.0233 e. The van der Waals surface area contributed by atoms with E-state index in [0.29, 0.717) is 5.92 Å². The molecule has 0 aromatic heterocycles. The van der Waals surface area contributed by atoms with Crippen molar-refractivity contribution in [1.82, 2.24) is 0 Å². The molecule has 0 saturated carbocycles. The van der Waals surface area contributed by atoms with Gasteiger partial charge >= 0.3 is 0 Å². The number of benzene rings is 1. The van der Waals surface area contributed by atoms with E-state index in [1.54, 1.807) is 0 Å². The molecule has 0 aliphatic rings. The average molecular weight is 201 g/mol. The molecule has 1 radical (unpaired) electrons. The summed E-state index contributed by atoms with van der Waals surface area (Å²) in [5.41, 5.74) is 4.31. The van der Waals surface area contributed by atoms with E-state index in [1.807, 2.05) is 6.08 Å². The predicted octanol–water partition coefficient (Wildman–Crippen LogP) is 4.50. The summed E-state index contributed by atoms with van der Waals surface area (Å²) in [7, 11) is 0. The van der Waals surface area contributed by atoms with Crippen LogP contribution in [-0.4, -0.2) is 0 Å². The highest BCUT2D eigenvalue weighted by Crippen LogP contribution is 2.28. The first-order chi connectivity index (χ1) is 7.11. The molecule has 0 aliphatic heterocycles. The number of hydrogen-bond donors (Lipinski definition) is 0.